The van der Waals surface area contributed by atoms with Crippen molar-refractivity contribution in [2.45, 2.75) is 70.8 Å². The van der Waals surface area contributed by atoms with Crippen LogP contribution in [0.15, 0.2) is 23.8 Å². The Morgan fingerprint density at radius 3 is 2.65 bits per heavy atom. The topological polar surface area (TPSA) is 74.6 Å². The molecule has 0 radical (unpaired) electrons. The Labute approximate surface area is 155 Å². The largest absolute Gasteiger partial charge is 0.481 e. The van der Waals surface area contributed by atoms with E-state index in [1.165, 1.54) is 5.57 Å². The number of hydrogen-bond donors (Lipinski definition) is 2. The van der Waals surface area contributed by atoms with E-state index in [9.17, 15) is 14.7 Å². The molecule has 142 valence electrons. The molecule has 0 unspecified atom stereocenters. The van der Waals surface area contributed by atoms with Gasteiger partial charge in [-0.3, -0.25) is 9.59 Å². The van der Waals surface area contributed by atoms with Crippen molar-refractivity contribution in [2.24, 2.45) is 28.6 Å². The fourth-order valence-electron chi connectivity index (χ4n) is 6.83. The second-order valence-electron chi connectivity index (χ2n) is 9.55. The second kappa shape index (κ2) is 5.79. The molecular formula is C22H30O4. The number of carbonyl (C=O) groups excluding carboxylic acids is 1. The minimum absolute atomic E-state index is 0.0372. The van der Waals surface area contributed by atoms with Crippen molar-refractivity contribution < 1.29 is 19.8 Å². The molecule has 0 bridgehead atoms. The van der Waals surface area contributed by atoms with E-state index >= 15 is 0 Å². The minimum atomic E-state index is -0.867. The van der Waals surface area contributed by atoms with Crippen molar-refractivity contribution in [3.05, 3.63) is 23.8 Å². The van der Waals surface area contributed by atoms with Gasteiger partial charge in [-0.1, -0.05) is 26.0 Å². The molecule has 0 aromatic heterocycles. The monoisotopic (exact) mass is 358 g/mol. The smallest absolute Gasteiger partial charge is 0.303 e. The van der Waals surface area contributed by atoms with Crippen molar-refractivity contribution >= 4 is 11.8 Å². The molecular weight excluding hydrogens is 328 g/mol. The number of aliphatic carboxylic acids is 1. The van der Waals surface area contributed by atoms with Crippen LogP contribution in [0, 0.1) is 28.6 Å². The van der Waals surface area contributed by atoms with Crippen LogP contribution >= 0.6 is 0 Å². The van der Waals surface area contributed by atoms with Crippen LogP contribution in [0.25, 0.3) is 0 Å². The number of carboxylic acid groups (broad SMARTS) is 1. The van der Waals surface area contributed by atoms with E-state index < -0.39 is 11.6 Å². The number of ketones is 1. The molecule has 4 nitrogen and oxygen atoms in total. The summed E-state index contributed by atoms with van der Waals surface area (Å²) in [5.41, 5.74) is 0.179. The van der Waals surface area contributed by atoms with E-state index in [2.05, 4.69) is 26.0 Å². The van der Waals surface area contributed by atoms with Crippen molar-refractivity contribution in [3.63, 3.8) is 0 Å². The van der Waals surface area contributed by atoms with Crippen LogP contribution in [-0.4, -0.2) is 27.6 Å². The Bertz CT molecular complexity index is 707. The number of carbonyl (C=O) groups is 2. The summed E-state index contributed by atoms with van der Waals surface area (Å²) >= 11 is 0. The van der Waals surface area contributed by atoms with Crippen molar-refractivity contribution in [3.8, 4) is 0 Å². The minimum Gasteiger partial charge on any atom is -0.481 e. The van der Waals surface area contributed by atoms with Gasteiger partial charge in [-0.2, -0.15) is 0 Å². The van der Waals surface area contributed by atoms with Gasteiger partial charge in [0.2, 0.25) is 0 Å². The summed E-state index contributed by atoms with van der Waals surface area (Å²) in [5, 5.41) is 20.5. The lowest BCUT2D eigenvalue weighted by Gasteiger charge is -2.57. The Kier molecular flexibility index (Phi) is 4.00. The number of allylic oxidation sites excluding steroid dienone is 4. The molecule has 0 heterocycles. The summed E-state index contributed by atoms with van der Waals surface area (Å²) < 4.78 is 0. The second-order valence-corrected chi connectivity index (χ2v) is 9.55. The maximum Gasteiger partial charge on any atom is 0.303 e. The summed E-state index contributed by atoms with van der Waals surface area (Å²) in [4.78, 5) is 22.9. The summed E-state index contributed by atoms with van der Waals surface area (Å²) in [6.45, 7) is 4.51. The Hall–Kier alpha value is -1.42. The molecule has 2 fully saturated rings. The summed E-state index contributed by atoms with van der Waals surface area (Å²) in [6, 6.07) is 0. The van der Waals surface area contributed by atoms with Gasteiger partial charge in [0.15, 0.2) is 5.78 Å². The predicted molar refractivity (Wildman–Crippen MR) is 98.4 cm³/mol. The lowest BCUT2D eigenvalue weighted by molar-refractivity contribution is -0.144. The van der Waals surface area contributed by atoms with Gasteiger partial charge < -0.3 is 10.2 Å². The number of carboxylic acids is 1. The molecule has 4 aliphatic carbocycles. The van der Waals surface area contributed by atoms with E-state index in [0.717, 1.165) is 25.7 Å². The summed E-state index contributed by atoms with van der Waals surface area (Å²) in [5.74, 6) is 0.748. The van der Waals surface area contributed by atoms with Crippen LogP contribution in [0.1, 0.15) is 65.2 Å². The molecule has 0 aliphatic heterocycles. The van der Waals surface area contributed by atoms with E-state index in [0.29, 0.717) is 37.0 Å². The average molecular weight is 358 g/mol. The maximum absolute atomic E-state index is 11.9. The molecule has 26 heavy (non-hydrogen) atoms. The molecule has 0 amide bonds. The SMILES string of the molecule is C[C@]12CC[C@@H]3[C@H](C=CC4=CC(=O)CC[C@]43C)[C@H]1CC[C@@]2(O)CCC(=O)O. The van der Waals surface area contributed by atoms with Crippen LogP contribution in [0.5, 0.6) is 0 Å². The first kappa shape index (κ1) is 18.0. The standard InChI is InChI=1S/C22H30O4/c1-20-9-5-15(23)13-14(20)3-4-16-17(20)6-10-21(2)18(16)7-11-22(21,26)12-8-19(24)25/h3-4,13,16-18,26H,5-12H2,1-2H3,(H,24,25)/t16-,17+,18+,20+,21-,22+/m0/s1. The van der Waals surface area contributed by atoms with Gasteiger partial charge in [0.05, 0.1) is 5.60 Å². The predicted octanol–water partition coefficient (Wildman–Crippen LogP) is 3.89. The number of rotatable bonds is 3. The van der Waals surface area contributed by atoms with Gasteiger partial charge in [0.25, 0.3) is 0 Å². The molecule has 2 saturated carbocycles. The van der Waals surface area contributed by atoms with E-state index in [1.54, 1.807) is 0 Å². The average Bonchev–Trinajstić information content (AvgIpc) is 2.86. The third-order valence-electron chi connectivity index (χ3n) is 8.59. The normalized spacial score (nSPS) is 47.0. The summed E-state index contributed by atoms with van der Waals surface area (Å²) in [6.07, 6.45) is 11.9. The van der Waals surface area contributed by atoms with Gasteiger partial charge in [-0.25, -0.2) is 0 Å². The first-order chi connectivity index (χ1) is 12.2. The van der Waals surface area contributed by atoms with Crippen LogP contribution in [-0.2, 0) is 9.59 Å². The lowest BCUT2D eigenvalue weighted by Crippen LogP contribution is -2.53. The van der Waals surface area contributed by atoms with Crippen LogP contribution < -0.4 is 0 Å². The number of aliphatic hydroxyl groups is 1. The molecule has 4 aliphatic rings. The highest BCUT2D eigenvalue weighted by molar-refractivity contribution is 5.92. The van der Waals surface area contributed by atoms with Crippen LogP contribution in [0.2, 0.25) is 0 Å². The molecule has 2 N–H and O–H groups in total. The molecule has 0 aromatic carbocycles. The fraction of sp³-hybridized carbons (Fsp3) is 0.727. The maximum atomic E-state index is 11.9. The Balaban J connectivity index is 1.66. The zero-order chi connectivity index (χ0) is 18.7. The third kappa shape index (κ3) is 2.37. The highest BCUT2D eigenvalue weighted by Crippen LogP contribution is 2.66. The van der Waals surface area contributed by atoms with E-state index in [4.69, 9.17) is 5.11 Å². The molecule has 0 spiro atoms. The lowest BCUT2D eigenvalue weighted by atomic mass is 9.48. The number of hydrogen-bond acceptors (Lipinski definition) is 3. The Morgan fingerprint density at radius 2 is 1.92 bits per heavy atom. The van der Waals surface area contributed by atoms with E-state index in [1.807, 2.05) is 6.08 Å². The van der Waals surface area contributed by atoms with E-state index in [-0.39, 0.29) is 23.0 Å². The van der Waals surface area contributed by atoms with Gasteiger partial charge in [0.1, 0.15) is 0 Å². The molecule has 4 heteroatoms. The third-order valence-corrected chi connectivity index (χ3v) is 8.59. The van der Waals surface area contributed by atoms with Crippen molar-refractivity contribution in [2.75, 3.05) is 0 Å². The quantitative estimate of drug-likeness (QED) is 0.802. The number of fused-ring (bicyclic) bond motifs is 5. The highest BCUT2D eigenvalue weighted by Gasteiger charge is 2.62. The fourth-order valence-corrected chi connectivity index (χ4v) is 6.83. The first-order valence-corrected chi connectivity index (χ1v) is 10.1. The van der Waals surface area contributed by atoms with Gasteiger partial charge in [0, 0.05) is 12.8 Å². The van der Waals surface area contributed by atoms with Crippen LogP contribution in [0.4, 0.5) is 0 Å². The van der Waals surface area contributed by atoms with Crippen molar-refractivity contribution in [1.82, 2.24) is 0 Å². The van der Waals surface area contributed by atoms with Gasteiger partial charge in [-0.15, -0.1) is 0 Å². The first-order valence-electron chi connectivity index (χ1n) is 10.1. The Morgan fingerprint density at radius 1 is 1.19 bits per heavy atom. The summed E-state index contributed by atoms with van der Waals surface area (Å²) in [7, 11) is 0. The van der Waals surface area contributed by atoms with Crippen molar-refractivity contribution in [1.29, 1.82) is 0 Å². The highest BCUT2D eigenvalue weighted by atomic mass is 16.4. The zero-order valence-electron chi connectivity index (χ0n) is 15.8. The van der Waals surface area contributed by atoms with Gasteiger partial charge >= 0.3 is 5.97 Å². The van der Waals surface area contributed by atoms with Crippen LogP contribution in [0.3, 0.4) is 0 Å². The molecule has 0 aromatic rings. The zero-order valence-corrected chi connectivity index (χ0v) is 15.8. The molecule has 6 atom stereocenters. The molecule has 0 saturated heterocycles. The van der Waals surface area contributed by atoms with Gasteiger partial charge in [-0.05, 0) is 78.8 Å². The molecule has 4 rings (SSSR count).